The molecule has 1 unspecified atom stereocenters. The molecule has 1 atom stereocenters. The number of aliphatic carboxylic acids is 1. The number of benzene rings is 1. The fourth-order valence-electron chi connectivity index (χ4n) is 1.77. The molecule has 0 saturated carbocycles. The molecule has 0 aliphatic heterocycles. The molecule has 1 aromatic heterocycles. The van der Waals surface area contributed by atoms with E-state index in [9.17, 15) is 9.90 Å². The lowest BCUT2D eigenvalue weighted by atomic mass is 10.1. The first kappa shape index (κ1) is 15.8. The van der Waals surface area contributed by atoms with Crippen LogP contribution < -0.4 is 5.32 Å². The summed E-state index contributed by atoms with van der Waals surface area (Å²) in [6.45, 7) is 1.53. The van der Waals surface area contributed by atoms with E-state index in [4.69, 9.17) is 9.52 Å². The zero-order valence-corrected chi connectivity index (χ0v) is 13.1. The molecule has 112 valence electrons. The minimum Gasteiger partial charge on any atom is -0.479 e. The van der Waals surface area contributed by atoms with Crippen LogP contribution in [0, 0.1) is 0 Å². The van der Waals surface area contributed by atoms with Crippen molar-refractivity contribution in [1.29, 1.82) is 0 Å². The third-order valence-electron chi connectivity index (χ3n) is 3.00. The monoisotopic (exact) mass is 353 g/mol. The van der Waals surface area contributed by atoms with Crippen LogP contribution in [0.1, 0.15) is 12.7 Å². The van der Waals surface area contributed by atoms with Crippen molar-refractivity contribution < 1.29 is 19.4 Å². The number of carboxylic acid groups (broad SMARTS) is 1. The molecule has 5 nitrogen and oxygen atoms in total. The first-order chi connectivity index (χ1) is 9.88. The van der Waals surface area contributed by atoms with E-state index in [1.165, 1.54) is 6.92 Å². The molecular formula is C15H16BrNO4. The van der Waals surface area contributed by atoms with Crippen molar-refractivity contribution in [1.82, 2.24) is 5.32 Å². The normalized spacial score (nSPS) is 13.9. The summed E-state index contributed by atoms with van der Waals surface area (Å²) in [5.41, 5.74) is -0.840. The van der Waals surface area contributed by atoms with E-state index in [2.05, 4.69) is 21.2 Å². The third-order valence-corrected chi connectivity index (χ3v) is 3.49. The Morgan fingerprint density at radius 1 is 1.38 bits per heavy atom. The number of furan rings is 1. The van der Waals surface area contributed by atoms with Crippen LogP contribution in [0.5, 0.6) is 0 Å². The van der Waals surface area contributed by atoms with Crippen molar-refractivity contribution in [2.75, 3.05) is 6.54 Å². The van der Waals surface area contributed by atoms with Gasteiger partial charge in [0.1, 0.15) is 11.5 Å². The summed E-state index contributed by atoms with van der Waals surface area (Å²) in [5.74, 6) is 0.147. The molecule has 3 N–H and O–H groups in total. The molecule has 1 aromatic carbocycles. The van der Waals surface area contributed by atoms with Crippen molar-refractivity contribution in [2.45, 2.75) is 19.1 Å². The first-order valence-electron chi connectivity index (χ1n) is 6.39. The van der Waals surface area contributed by atoms with Crippen molar-refractivity contribution in [2.24, 2.45) is 0 Å². The number of carbonyl (C=O) groups is 1. The van der Waals surface area contributed by atoms with E-state index in [0.29, 0.717) is 12.3 Å². The van der Waals surface area contributed by atoms with Gasteiger partial charge >= 0.3 is 5.97 Å². The van der Waals surface area contributed by atoms with Gasteiger partial charge in [0.15, 0.2) is 5.60 Å². The van der Waals surface area contributed by atoms with Gasteiger partial charge < -0.3 is 19.9 Å². The quantitative estimate of drug-likeness (QED) is 0.743. The number of aliphatic hydroxyl groups is 1. The Labute approximate surface area is 130 Å². The molecule has 0 aliphatic rings. The Kier molecular flexibility index (Phi) is 4.82. The van der Waals surface area contributed by atoms with E-state index in [1.807, 2.05) is 36.4 Å². The van der Waals surface area contributed by atoms with Crippen LogP contribution in [0.3, 0.4) is 0 Å². The zero-order valence-electron chi connectivity index (χ0n) is 11.5. The van der Waals surface area contributed by atoms with Crippen LogP contribution in [-0.4, -0.2) is 28.3 Å². The molecule has 1 heterocycles. The van der Waals surface area contributed by atoms with Crippen molar-refractivity contribution >= 4 is 21.9 Å². The molecule has 0 aliphatic carbocycles. The summed E-state index contributed by atoms with van der Waals surface area (Å²) >= 11 is 3.41. The topological polar surface area (TPSA) is 82.7 Å². The number of carboxylic acids is 1. The van der Waals surface area contributed by atoms with Gasteiger partial charge in [0.05, 0.1) is 6.54 Å². The summed E-state index contributed by atoms with van der Waals surface area (Å²) in [4.78, 5) is 10.8. The van der Waals surface area contributed by atoms with Gasteiger partial charge in [0, 0.05) is 16.6 Å². The highest BCUT2D eigenvalue weighted by Crippen LogP contribution is 2.24. The Bertz CT molecular complexity index is 636. The number of hydrogen-bond acceptors (Lipinski definition) is 4. The fraction of sp³-hybridized carbons (Fsp3) is 0.267. The average Bonchev–Trinajstić information content (AvgIpc) is 2.87. The van der Waals surface area contributed by atoms with E-state index in [-0.39, 0.29) is 6.54 Å². The predicted octanol–water partition coefficient (Wildman–Crippen LogP) is 2.63. The van der Waals surface area contributed by atoms with Gasteiger partial charge in [0.2, 0.25) is 0 Å². The highest BCUT2D eigenvalue weighted by molar-refractivity contribution is 9.10. The van der Waals surface area contributed by atoms with Crippen LogP contribution in [0.2, 0.25) is 0 Å². The van der Waals surface area contributed by atoms with Crippen LogP contribution >= 0.6 is 15.9 Å². The molecular weight excluding hydrogens is 338 g/mol. The number of nitrogens with one attached hydrogen (secondary N) is 1. The molecule has 2 aromatic rings. The third kappa shape index (κ3) is 4.17. The predicted molar refractivity (Wildman–Crippen MR) is 81.8 cm³/mol. The second kappa shape index (κ2) is 6.43. The molecule has 0 radical (unpaired) electrons. The van der Waals surface area contributed by atoms with Crippen LogP contribution in [0.4, 0.5) is 0 Å². The Morgan fingerprint density at radius 3 is 2.81 bits per heavy atom. The Hall–Kier alpha value is -1.63. The van der Waals surface area contributed by atoms with Gasteiger partial charge in [-0.25, -0.2) is 4.79 Å². The molecule has 0 fully saturated rings. The summed E-state index contributed by atoms with van der Waals surface area (Å²) < 4.78 is 6.65. The minimum atomic E-state index is -1.79. The SMILES string of the molecule is CC(O)(CNCc1ccc(-c2cccc(Br)c2)o1)C(=O)O. The van der Waals surface area contributed by atoms with Gasteiger partial charge in [-0.05, 0) is 31.2 Å². The molecule has 0 amide bonds. The molecule has 2 rings (SSSR count). The number of halogens is 1. The second-order valence-corrected chi connectivity index (χ2v) is 5.87. The van der Waals surface area contributed by atoms with Crippen LogP contribution in [0.15, 0.2) is 45.3 Å². The van der Waals surface area contributed by atoms with Gasteiger partial charge in [-0.15, -0.1) is 0 Å². The maximum absolute atomic E-state index is 10.8. The van der Waals surface area contributed by atoms with E-state index < -0.39 is 11.6 Å². The van der Waals surface area contributed by atoms with E-state index in [0.717, 1.165) is 15.8 Å². The van der Waals surface area contributed by atoms with Crippen LogP contribution in [-0.2, 0) is 11.3 Å². The maximum Gasteiger partial charge on any atom is 0.336 e. The van der Waals surface area contributed by atoms with E-state index in [1.54, 1.807) is 0 Å². The fourth-order valence-corrected chi connectivity index (χ4v) is 2.17. The van der Waals surface area contributed by atoms with Crippen molar-refractivity contribution in [3.8, 4) is 11.3 Å². The smallest absolute Gasteiger partial charge is 0.336 e. The maximum atomic E-state index is 10.8. The molecule has 0 saturated heterocycles. The highest BCUT2D eigenvalue weighted by atomic mass is 79.9. The summed E-state index contributed by atoms with van der Waals surface area (Å²) in [5, 5.41) is 21.3. The lowest BCUT2D eigenvalue weighted by Crippen LogP contribution is -2.44. The lowest BCUT2D eigenvalue weighted by molar-refractivity contribution is -0.156. The molecule has 21 heavy (non-hydrogen) atoms. The highest BCUT2D eigenvalue weighted by Gasteiger charge is 2.29. The van der Waals surface area contributed by atoms with E-state index >= 15 is 0 Å². The van der Waals surface area contributed by atoms with Gasteiger partial charge in [0.25, 0.3) is 0 Å². The number of rotatable bonds is 6. The van der Waals surface area contributed by atoms with Gasteiger partial charge in [-0.1, -0.05) is 28.1 Å². The van der Waals surface area contributed by atoms with Crippen LogP contribution in [0.25, 0.3) is 11.3 Å². The van der Waals surface area contributed by atoms with Gasteiger partial charge in [-0.3, -0.25) is 0 Å². The van der Waals surface area contributed by atoms with Crippen molar-refractivity contribution in [3.05, 3.63) is 46.6 Å². The Morgan fingerprint density at radius 2 is 2.14 bits per heavy atom. The summed E-state index contributed by atoms with van der Waals surface area (Å²) in [7, 11) is 0. The zero-order chi connectivity index (χ0) is 15.5. The standard InChI is InChI=1S/C15H16BrNO4/c1-15(20,14(18)19)9-17-8-12-5-6-13(21-12)10-3-2-4-11(16)7-10/h2-7,17,20H,8-9H2,1H3,(H,18,19). The van der Waals surface area contributed by atoms with Crippen molar-refractivity contribution in [3.63, 3.8) is 0 Å². The Balaban J connectivity index is 1.97. The van der Waals surface area contributed by atoms with Gasteiger partial charge in [-0.2, -0.15) is 0 Å². The molecule has 6 heteroatoms. The minimum absolute atomic E-state index is 0.0603. The summed E-state index contributed by atoms with van der Waals surface area (Å²) in [6.07, 6.45) is 0. The lowest BCUT2D eigenvalue weighted by Gasteiger charge is -2.17. The summed E-state index contributed by atoms with van der Waals surface area (Å²) in [6, 6.07) is 11.4. The second-order valence-electron chi connectivity index (χ2n) is 4.96. The molecule has 0 spiro atoms. The first-order valence-corrected chi connectivity index (χ1v) is 7.19. The largest absolute Gasteiger partial charge is 0.479 e. The average molecular weight is 354 g/mol. The molecule has 0 bridgehead atoms. The number of hydrogen-bond donors (Lipinski definition) is 3.